The molecule has 3 rings (SSSR count). The van der Waals surface area contributed by atoms with Gasteiger partial charge in [-0.15, -0.1) is 5.10 Å². The summed E-state index contributed by atoms with van der Waals surface area (Å²) in [4.78, 5) is 12.3. The van der Waals surface area contributed by atoms with Gasteiger partial charge in [0, 0.05) is 6.04 Å². The van der Waals surface area contributed by atoms with Gasteiger partial charge in [0.25, 0.3) is 0 Å². The maximum Gasteiger partial charge on any atom is 0.230 e. The van der Waals surface area contributed by atoms with E-state index in [-0.39, 0.29) is 11.9 Å². The minimum absolute atomic E-state index is 0.0291. The lowest BCUT2D eigenvalue weighted by atomic mass is 9.86. The summed E-state index contributed by atoms with van der Waals surface area (Å²) in [6.07, 6.45) is 4.70. The average Bonchev–Trinajstić information content (AvgIpc) is 3.11. The molecule has 7 nitrogen and oxygen atoms in total. The largest absolute Gasteiger partial charge is 0.492 e. The summed E-state index contributed by atoms with van der Waals surface area (Å²) in [5, 5.41) is 15.6. The third kappa shape index (κ3) is 4.55. The van der Waals surface area contributed by atoms with Crippen molar-refractivity contribution in [2.75, 3.05) is 12.4 Å². The molecule has 2 aromatic rings. The Morgan fingerprint density at radius 2 is 2.15 bits per heavy atom. The van der Waals surface area contributed by atoms with Gasteiger partial charge in [-0.3, -0.25) is 4.79 Å². The zero-order valence-corrected chi connectivity index (χ0v) is 16.0. The molecule has 8 heteroatoms. The van der Waals surface area contributed by atoms with Crippen molar-refractivity contribution in [2.24, 2.45) is 5.92 Å². The maximum absolute atomic E-state index is 12.3. The zero-order chi connectivity index (χ0) is 18.4. The second-order valence-corrected chi connectivity index (χ2v) is 7.44. The van der Waals surface area contributed by atoms with E-state index in [9.17, 15) is 4.79 Å². The van der Waals surface area contributed by atoms with Crippen molar-refractivity contribution < 1.29 is 9.53 Å². The number of benzene rings is 1. The predicted molar refractivity (Wildman–Crippen MR) is 101 cm³/mol. The van der Waals surface area contributed by atoms with Gasteiger partial charge in [0.15, 0.2) is 0 Å². The van der Waals surface area contributed by atoms with Crippen LogP contribution in [0.1, 0.15) is 39.5 Å². The first-order valence-corrected chi connectivity index (χ1v) is 10.1. The summed E-state index contributed by atoms with van der Waals surface area (Å²) in [5.74, 6) is 1.58. The van der Waals surface area contributed by atoms with E-state index in [4.69, 9.17) is 4.74 Å². The summed E-state index contributed by atoms with van der Waals surface area (Å²) >= 11 is 1.33. The van der Waals surface area contributed by atoms with Gasteiger partial charge in [0.1, 0.15) is 11.4 Å². The summed E-state index contributed by atoms with van der Waals surface area (Å²) in [6.45, 7) is 4.70. The molecule has 1 fully saturated rings. The van der Waals surface area contributed by atoms with Gasteiger partial charge < -0.3 is 10.1 Å². The maximum atomic E-state index is 12.3. The van der Waals surface area contributed by atoms with E-state index in [2.05, 4.69) is 27.8 Å². The number of para-hydroxylation sites is 2. The lowest BCUT2D eigenvalue weighted by Gasteiger charge is -2.29. The topological polar surface area (TPSA) is 81.9 Å². The van der Waals surface area contributed by atoms with Crippen LogP contribution in [0.5, 0.6) is 5.75 Å². The molecule has 0 spiro atoms. The molecule has 1 aromatic carbocycles. The fraction of sp³-hybridized carbons (Fsp3) is 0.556. The zero-order valence-electron chi connectivity index (χ0n) is 15.2. The molecule has 0 saturated heterocycles. The van der Waals surface area contributed by atoms with E-state index in [1.54, 1.807) is 4.68 Å². The highest BCUT2D eigenvalue weighted by molar-refractivity contribution is 7.99. The Morgan fingerprint density at radius 3 is 2.96 bits per heavy atom. The molecule has 0 radical (unpaired) electrons. The summed E-state index contributed by atoms with van der Waals surface area (Å²) in [7, 11) is 0. The Bertz CT molecular complexity index is 736. The smallest absolute Gasteiger partial charge is 0.230 e. The minimum Gasteiger partial charge on any atom is -0.492 e. The van der Waals surface area contributed by atoms with Crippen LogP contribution < -0.4 is 10.1 Å². The van der Waals surface area contributed by atoms with E-state index < -0.39 is 0 Å². The number of rotatable bonds is 7. The predicted octanol–water partition coefficient (Wildman–Crippen LogP) is 2.85. The number of aromatic nitrogens is 4. The average molecular weight is 375 g/mol. The summed E-state index contributed by atoms with van der Waals surface area (Å²) < 4.78 is 7.27. The van der Waals surface area contributed by atoms with Gasteiger partial charge >= 0.3 is 0 Å². The fourth-order valence-corrected chi connectivity index (χ4v) is 3.93. The molecule has 0 unspecified atom stereocenters. The van der Waals surface area contributed by atoms with Crippen LogP contribution in [0, 0.1) is 5.92 Å². The minimum atomic E-state index is 0.0291. The summed E-state index contributed by atoms with van der Waals surface area (Å²) in [5.41, 5.74) is 0.767. The highest BCUT2D eigenvalue weighted by Crippen LogP contribution is 2.26. The lowest BCUT2D eigenvalue weighted by Crippen LogP contribution is -2.41. The first kappa shape index (κ1) is 18.7. The third-order valence-corrected chi connectivity index (χ3v) is 5.54. The number of ether oxygens (including phenoxy) is 1. The van der Waals surface area contributed by atoms with Crippen LogP contribution in [-0.4, -0.2) is 44.5 Å². The molecular formula is C18H25N5O2S. The van der Waals surface area contributed by atoms with E-state index in [1.165, 1.54) is 31.0 Å². The Hall–Kier alpha value is -2.09. The number of carbonyl (C=O) groups excluding carboxylic acids is 1. The molecule has 26 heavy (non-hydrogen) atoms. The standard InChI is InChI=1S/C18H25N5O2S/c1-3-25-16-11-7-6-10-15(16)23-18(20-21-22-23)26-12-17(24)19-14-9-5-4-8-13(14)2/h6-7,10-11,13-14H,3-5,8-9,12H2,1-2H3,(H,19,24)/t13-,14-/m0/s1. The first-order valence-electron chi connectivity index (χ1n) is 9.11. The number of tetrazole rings is 1. The number of hydrogen-bond donors (Lipinski definition) is 1. The SMILES string of the molecule is CCOc1ccccc1-n1nnnc1SCC(=O)N[C@H]1CCCC[C@@H]1C. The highest BCUT2D eigenvalue weighted by Gasteiger charge is 2.23. The van der Waals surface area contributed by atoms with Crippen molar-refractivity contribution in [1.29, 1.82) is 0 Å². The van der Waals surface area contributed by atoms with Crippen molar-refractivity contribution in [2.45, 2.75) is 50.7 Å². The summed E-state index contributed by atoms with van der Waals surface area (Å²) in [6, 6.07) is 7.88. The van der Waals surface area contributed by atoms with E-state index >= 15 is 0 Å². The van der Waals surface area contributed by atoms with Crippen LogP contribution >= 0.6 is 11.8 Å². The second kappa shape index (κ2) is 9.02. The lowest BCUT2D eigenvalue weighted by molar-refractivity contribution is -0.119. The van der Waals surface area contributed by atoms with Gasteiger partial charge in [0.05, 0.1) is 12.4 Å². The Kier molecular flexibility index (Phi) is 6.49. The highest BCUT2D eigenvalue weighted by atomic mass is 32.2. The Labute approximate surface area is 157 Å². The molecule has 2 atom stereocenters. The number of hydrogen-bond acceptors (Lipinski definition) is 6. The number of nitrogens with zero attached hydrogens (tertiary/aromatic N) is 4. The number of thioether (sulfide) groups is 1. The van der Waals surface area contributed by atoms with Crippen LogP contribution in [-0.2, 0) is 4.79 Å². The molecule has 1 amide bonds. The van der Waals surface area contributed by atoms with Gasteiger partial charge in [-0.05, 0) is 48.2 Å². The third-order valence-electron chi connectivity index (χ3n) is 4.62. The molecule has 0 aliphatic heterocycles. The molecule has 1 aromatic heterocycles. The van der Waals surface area contributed by atoms with Gasteiger partial charge in [0.2, 0.25) is 11.1 Å². The van der Waals surface area contributed by atoms with E-state index in [0.717, 1.165) is 12.1 Å². The van der Waals surface area contributed by atoms with E-state index in [0.29, 0.717) is 29.2 Å². The van der Waals surface area contributed by atoms with Crippen molar-refractivity contribution in [1.82, 2.24) is 25.5 Å². The molecule has 1 N–H and O–H groups in total. The van der Waals surface area contributed by atoms with Crippen LogP contribution in [0.3, 0.4) is 0 Å². The van der Waals surface area contributed by atoms with Crippen LogP contribution in [0.25, 0.3) is 5.69 Å². The number of amides is 1. The molecule has 140 valence electrons. The molecule has 0 bridgehead atoms. The van der Waals surface area contributed by atoms with Crippen molar-refractivity contribution in [3.63, 3.8) is 0 Å². The molecule has 1 heterocycles. The van der Waals surface area contributed by atoms with Crippen LogP contribution in [0.2, 0.25) is 0 Å². The number of nitrogens with one attached hydrogen (secondary N) is 1. The molecular weight excluding hydrogens is 350 g/mol. The fourth-order valence-electron chi connectivity index (χ4n) is 3.24. The van der Waals surface area contributed by atoms with Gasteiger partial charge in [-0.1, -0.05) is 43.7 Å². The number of carbonyl (C=O) groups is 1. The molecule has 1 aliphatic carbocycles. The van der Waals surface area contributed by atoms with Crippen molar-refractivity contribution >= 4 is 17.7 Å². The monoisotopic (exact) mass is 375 g/mol. The Balaban J connectivity index is 1.63. The first-order chi connectivity index (χ1) is 12.7. The Morgan fingerprint density at radius 1 is 1.35 bits per heavy atom. The molecule has 1 saturated carbocycles. The van der Waals surface area contributed by atoms with Crippen molar-refractivity contribution in [3.8, 4) is 11.4 Å². The van der Waals surface area contributed by atoms with E-state index in [1.807, 2.05) is 31.2 Å². The van der Waals surface area contributed by atoms with Gasteiger partial charge in [-0.25, -0.2) is 0 Å². The normalized spacial score (nSPS) is 19.9. The van der Waals surface area contributed by atoms with Gasteiger partial charge in [-0.2, -0.15) is 4.68 Å². The second-order valence-electron chi connectivity index (χ2n) is 6.50. The van der Waals surface area contributed by atoms with Crippen LogP contribution in [0.4, 0.5) is 0 Å². The van der Waals surface area contributed by atoms with Crippen molar-refractivity contribution in [3.05, 3.63) is 24.3 Å². The van der Waals surface area contributed by atoms with Crippen LogP contribution in [0.15, 0.2) is 29.4 Å². The molecule has 1 aliphatic rings. The quantitative estimate of drug-likeness (QED) is 0.750.